The third-order valence-electron chi connectivity index (χ3n) is 5.25. The third-order valence-corrected chi connectivity index (χ3v) is 5.25. The molecule has 8 heteroatoms. The number of rotatable bonds is 4. The predicted octanol–water partition coefficient (Wildman–Crippen LogP) is 2.28. The Morgan fingerprint density at radius 1 is 1.20 bits per heavy atom. The van der Waals surface area contributed by atoms with E-state index >= 15 is 0 Å². The molecule has 0 aromatic heterocycles. The van der Waals surface area contributed by atoms with Crippen LogP contribution in [0.4, 0.5) is 11.4 Å². The van der Waals surface area contributed by atoms with E-state index in [1.165, 1.54) is 11.8 Å². The van der Waals surface area contributed by atoms with Crippen molar-refractivity contribution in [2.75, 3.05) is 23.4 Å². The molecule has 8 nitrogen and oxygen atoms in total. The van der Waals surface area contributed by atoms with Crippen LogP contribution in [0.25, 0.3) is 0 Å². The fraction of sp³-hybridized carbons (Fsp3) is 0.273. The summed E-state index contributed by atoms with van der Waals surface area (Å²) in [5, 5.41) is 2.74. The lowest BCUT2D eigenvalue weighted by atomic mass is 9.99. The van der Waals surface area contributed by atoms with Gasteiger partial charge in [-0.25, -0.2) is 4.79 Å². The van der Waals surface area contributed by atoms with E-state index < -0.39 is 24.5 Å². The first kappa shape index (κ1) is 19.6. The molecule has 2 aromatic rings. The molecule has 30 heavy (non-hydrogen) atoms. The van der Waals surface area contributed by atoms with Crippen molar-refractivity contribution in [3.63, 3.8) is 0 Å². The summed E-state index contributed by atoms with van der Waals surface area (Å²) >= 11 is 0. The fourth-order valence-corrected chi connectivity index (χ4v) is 3.56. The van der Waals surface area contributed by atoms with E-state index in [1.807, 2.05) is 0 Å². The van der Waals surface area contributed by atoms with Gasteiger partial charge in [0.25, 0.3) is 0 Å². The number of anilines is 2. The molecule has 2 atom stereocenters. The molecular formula is C22H20N2O6. The van der Waals surface area contributed by atoms with Gasteiger partial charge in [0.1, 0.15) is 5.75 Å². The van der Waals surface area contributed by atoms with Crippen LogP contribution in [0.1, 0.15) is 35.7 Å². The quantitative estimate of drug-likeness (QED) is 0.615. The van der Waals surface area contributed by atoms with Crippen LogP contribution in [-0.4, -0.2) is 42.8 Å². The number of para-hydroxylation sites is 2. The van der Waals surface area contributed by atoms with Crippen molar-refractivity contribution in [2.45, 2.75) is 25.9 Å². The summed E-state index contributed by atoms with van der Waals surface area (Å²) in [6.07, 6.45) is -1.03. The molecule has 154 valence electrons. The summed E-state index contributed by atoms with van der Waals surface area (Å²) < 4.78 is 10.8. The average Bonchev–Trinajstić information content (AvgIpc) is 3.03. The first-order valence-corrected chi connectivity index (χ1v) is 9.53. The second-order valence-corrected chi connectivity index (χ2v) is 7.25. The van der Waals surface area contributed by atoms with Crippen molar-refractivity contribution in [1.82, 2.24) is 0 Å². The molecule has 2 amide bonds. The Morgan fingerprint density at radius 2 is 1.97 bits per heavy atom. The fourth-order valence-electron chi connectivity index (χ4n) is 3.56. The van der Waals surface area contributed by atoms with Crippen LogP contribution in [0, 0.1) is 0 Å². The van der Waals surface area contributed by atoms with E-state index in [9.17, 15) is 19.2 Å². The monoisotopic (exact) mass is 408 g/mol. The molecule has 0 unspecified atom stereocenters. The number of fused-ring (bicyclic) bond motifs is 2. The topological polar surface area (TPSA) is 102 Å². The highest BCUT2D eigenvalue weighted by atomic mass is 16.6. The van der Waals surface area contributed by atoms with Gasteiger partial charge in [0.05, 0.1) is 18.2 Å². The smallest absolute Gasteiger partial charge is 0.349 e. The second-order valence-electron chi connectivity index (χ2n) is 7.25. The zero-order valence-corrected chi connectivity index (χ0v) is 16.5. The van der Waals surface area contributed by atoms with Gasteiger partial charge in [-0.15, -0.1) is 0 Å². The number of ketones is 1. The molecule has 2 heterocycles. The van der Waals surface area contributed by atoms with Crippen molar-refractivity contribution in [3.05, 3.63) is 53.6 Å². The van der Waals surface area contributed by atoms with Gasteiger partial charge in [0, 0.05) is 18.2 Å². The second kappa shape index (κ2) is 7.62. The van der Waals surface area contributed by atoms with E-state index in [1.54, 1.807) is 49.4 Å². The van der Waals surface area contributed by atoms with Gasteiger partial charge in [0.2, 0.25) is 17.9 Å². The van der Waals surface area contributed by atoms with Crippen molar-refractivity contribution < 1.29 is 28.7 Å². The lowest BCUT2D eigenvalue weighted by Crippen LogP contribution is -2.47. The zero-order chi connectivity index (χ0) is 21.4. The summed E-state index contributed by atoms with van der Waals surface area (Å²) in [6.45, 7) is 2.70. The number of Topliss-reactive ketones (excluding diaryl/α,β-unsaturated/α-hetero) is 1. The highest BCUT2D eigenvalue weighted by Crippen LogP contribution is 2.34. The number of nitrogens with one attached hydrogen (secondary N) is 1. The molecule has 0 saturated carbocycles. The Hall–Kier alpha value is -3.68. The summed E-state index contributed by atoms with van der Waals surface area (Å²) in [6, 6.07) is 11.8. The summed E-state index contributed by atoms with van der Waals surface area (Å²) in [5.74, 6) is -1.41. The minimum Gasteiger partial charge on any atom is -0.475 e. The van der Waals surface area contributed by atoms with Crippen LogP contribution in [0.5, 0.6) is 5.75 Å². The van der Waals surface area contributed by atoms with Gasteiger partial charge >= 0.3 is 5.97 Å². The van der Waals surface area contributed by atoms with Gasteiger partial charge in [-0.2, -0.15) is 0 Å². The molecule has 0 aliphatic carbocycles. The van der Waals surface area contributed by atoms with E-state index in [-0.39, 0.29) is 24.3 Å². The SMILES string of the molecule is CC(=O)N1C[C@H](C(=O)OCC(=O)c2ccc3c(c2)[C@@H](C)C(=O)N3)Oc2ccccc21. The molecule has 0 radical (unpaired) electrons. The minimum absolute atomic E-state index is 0.00348. The third kappa shape index (κ3) is 3.52. The number of benzene rings is 2. The van der Waals surface area contributed by atoms with Crippen molar-refractivity contribution in [2.24, 2.45) is 0 Å². The average molecular weight is 408 g/mol. The molecule has 0 spiro atoms. The number of ether oxygens (including phenoxy) is 2. The van der Waals surface area contributed by atoms with Gasteiger partial charge < -0.3 is 19.7 Å². The normalized spacial score (nSPS) is 19.3. The first-order chi connectivity index (χ1) is 14.3. The van der Waals surface area contributed by atoms with E-state index in [4.69, 9.17) is 9.47 Å². The summed E-state index contributed by atoms with van der Waals surface area (Å²) in [4.78, 5) is 50.2. The largest absolute Gasteiger partial charge is 0.475 e. The van der Waals surface area contributed by atoms with E-state index in [2.05, 4.69) is 5.32 Å². The lowest BCUT2D eigenvalue weighted by molar-refractivity contribution is -0.150. The number of nitrogens with zero attached hydrogens (tertiary/aromatic N) is 1. The molecule has 2 aliphatic rings. The number of esters is 1. The Bertz CT molecular complexity index is 1060. The van der Waals surface area contributed by atoms with Crippen LogP contribution < -0.4 is 15.0 Å². The number of amides is 2. The van der Waals surface area contributed by atoms with Crippen LogP contribution in [0.3, 0.4) is 0 Å². The lowest BCUT2D eigenvalue weighted by Gasteiger charge is -2.33. The van der Waals surface area contributed by atoms with Crippen LogP contribution >= 0.6 is 0 Å². The van der Waals surface area contributed by atoms with Crippen LogP contribution in [-0.2, 0) is 19.1 Å². The Kier molecular flexibility index (Phi) is 4.99. The zero-order valence-electron chi connectivity index (χ0n) is 16.5. The summed E-state index contributed by atoms with van der Waals surface area (Å²) in [7, 11) is 0. The molecule has 1 N–H and O–H groups in total. The van der Waals surface area contributed by atoms with Gasteiger partial charge in [-0.3, -0.25) is 14.4 Å². The van der Waals surface area contributed by atoms with Crippen molar-refractivity contribution in [3.8, 4) is 5.75 Å². The van der Waals surface area contributed by atoms with Gasteiger partial charge in [0.15, 0.2) is 12.4 Å². The predicted molar refractivity (Wildman–Crippen MR) is 108 cm³/mol. The summed E-state index contributed by atoms with van der Waals surface area (Å²) in [5.41, 5.74) is 2.35. The highest BCUT2D eigenvalue weighted by molar-refractivity contribution is 6.05. The molecule has 2 aromatic carbocycles. The highest BCUT2D eigenvalue weighted by Gasteiger charge is 2.34. The van der Waals surface area contributed by atoms with Crippen LogP contribution in [0.2, 0.25) is 0 Å². The number of hydrogen-bond acceptors (Lipinski definition) is 6. The van der Waals surface area contributed by atoms with Crippen molar-refractivity contribution in [1.29, 1.82) is 0 Å². The standard InChI is InChI=1S/C22H20N2O6/c1-12-15-9-14(7-8-16(15)23-21(12)27)18(26)11-29-22(28)20-10-24(13(2)25)17-5-3-4-6-19(17)30-20/h3-9,12,20H,10-11H2,1-2H3,(H,23,27)/t12-,20-/m1/s1. The Balaban J connectivity index is 1.42. The maximum Gasteiger partial charge on any atom is 0.349 e. The molecule has 0 saturated heterocycles. The number of hydrogen-bond donors (Lipinski definition) is 1. The number of carbonyl (C=O) groups is 4. The maximum atomic E-state index is 12.5. The molecule has 0 fully saturated rings. The van der Waals surface area contributed by atoms with Gasteiger partial charge in [-0.1, -0.05) is 12.1 Å². The maximum absolute atomic E-state index is 12.5. The minimum atomic E-state index is -1.03. The van der Waals surface area contributed by atoms with E-state index in [0.29, 0.717) is 22.7 Å². The van der Waals surface area contributed by atoms with Crippen LogP contribution in [0.15, 0.2) is 42.5 Å². The van der Waals surface area contributed by atoms with E-state index in [0.717, 1.165) is 5.56 Å². The molecule has 2 aliphatic heterocycles. The Labute approximate surface area is 172 Å². The van der Waals surface area contributed by atoms with Crippen molar-refractivity contribution >= 4 is 34.9 Å². The molecule has 0 bridgehead atoms. The van der Waals surface area contributed by atoms with Gasteiger partial charge in [-0.05, 0) is 42.8 Å². The first-order valence-electron chi connectivity index (χ1n) is 9.53. The Morgan fingerprint density at radius 3 is 2.73 bits per heavy atom. The molecular weight excluding hydrogens is 388 g/mol. The molecule has 4 rings (SSSR count). The number of carbonyl (C=O) groups excluding carboxylic acids is 4.